The molecule has 43 heavy (non-hydrogen) atoms. The Labute approximate surface area is 246 Å². The van der Waals surface area contributed by atoms with E-state index in [9.17, 15) is 37.5 Å². The molecule has 4 amide bonds. The topological polar surface area (TPSA) is 104 Å². The molecule has 6 rings (SSSR count). The van der Waals surface area contributed by atoms with Crippen molar-refractivity contribution in [3.05, 3.63) is 65.7 Å². The van der Waals surface area contributed by atoms with Crippen LogP contribution >= 0.6 is 0 Å². The summed E-state index contributed by atoms with van der Waals surface area (Å²) >= 11 is 0. The van der Waals surface area contributed by atoms with Gasteiger partial charge >= 0.3 is 6.36 Å². The number of ether oxygens (including phenoxy) is 1. The van der Waals surface area contributed by atoms with E-state index >= 15 is 0 Å². The molecular weight excluding hydrogens is 565 g/mol. The number of hydrogen-bond acceptors (Lipinski definition) is 6. The van der Waals surface area contributed by atoms with Crippen LogP contribution in [-0.2, 0) is 19.2 Å². The molecule has 2 aromatic rings. The molecule has 0 radical (unpaired) electrons. The molecule has 6 atom stereocenters. The largest absolute Gasteiger partial charge is 0.573 e. The van der Waals surface area contributed by atoms with Crippen molar-refractivity contribution in [2.75, 3.05) is 4.90 Å². The van der Waals surface area contributed by atoms with Gasteiger partial charge in [-0.15, -0.1) is 13.2 Å². The third-order valence-electron chi connectivity index (χ3n) is 9.50. The minimum atomic E-state index is -5.01. The van der Waals surface area contributed by atoms with E-state index in [1.54, 1.807) is 64.1 Å². The Morgan fingerprint density at radius 1 is 0.930 bits per heavy atom. The number of anilines is 1. The number of para-hydroxylation sites is 1. The van der Waals surface area contributed by atoms with Gasteiger partial charge in [-0.3, -0.25) is 24.1 Å². The minimum absolute atomic E-state index is 0.0239. The number of aromatic hydroxyl groups is 1. The number of phenolic OH excluding ortho intramolecular Hbond substituents is 1. The van der Waals surface area contributed by atoms with Crippen molar-refractivity contribution in [3.8, 4) is 11.5 Å². The maximum absolute atomic E-state index is 14.3. The van der Waals surface area contributed by atoms with E-state index in [4.69, 9.17) is 0 Å². The fraction of sp³-hybridized carbons (Fsp3) is 0.438. The van der Waals surface area contributed by atoms with Crippen molar-refractivity contribution in [1.29, 1.82) is 0 Å². The zero-order valence-corrected chi connectivity index (χ0v) is 24.0. The van der Waals surface area contributed by atoms with Gasteiger partial charge < -0.3 is 9.84 Å². The van der Waals surface area contributed by atoms with E-state index in [1.165, 1.54) is 4.90 Å². The van der Waals surface area contributed by atoms with Gasteiger partial charge in [0.1, 0.15) is 11.5 Å². The smallest absolute Gasteiger partial charge is 0.508 e. The minimum Gasteiger partial charge on any atom is -0.508 e. The van der Waals surface area contributed by atoms with E-state index in [2.05, 4.69) is 4.74 Å². The number of halogens is 3. The number of amides is 4. The number of carbonyl (C=O) groups is 4. The summed E-state index contributed by atoms with van der Waals surface area (Å²) in [5.74, 6) is -6.95. The Kier molecular flexibility index (Phi) is 6.34. The predicted octanol–water partition coefficient (Wildman–Crippen LogP) is 5.32. The lowest BCUT2D eigenvalue weighted by molar-refractivity contribution is -0.274. The molecule has 8 nitrogen and oxygen atoms in total. The van der Waals surface area contributed by atoms with Crippen LogP contribution in [0.4, 0.5) is 18.9 Å². The van der Waals surface area contributed by atoms with Crippen molar-refractivity contribution in [2.24, 2.45) is 29.1 Å². The van der Waals surface area contributed by atoms with Gasteiger partial charge in [0.25, 0.3) is 0 Å². The first-order chi connectivity index (χ1) is 20.1. The van der Waals surface area contributed by atoms with Crippen LogP contribution in [0, 0.1) is 29.1 Å². The maximum atomic E-state index is 14.3. The maximum Gasteiger partial charge on any atom is 0.573 e. The third kappa shape index (κ3) is 4.26. The molecule has 4 aliphatic rings. The number of nitrogens with zero attached hydrogens (tertiary/aromatic N) is 2. The second kappa shape index (κ2) is 9.42. The molecule has 2 aromatic carbocycles. The second-order valence-corrected chi connectivity index (χ2v) is 12.9. The molecule has 3 fully saturated rings. The normalized spacial score (nSPS) is 30.7. The number of imide groups is 2. The number of hydrogen-bond donors (Lipinski definition) is 1. The first kappa shape index (κ1) is 28.9. The molecule has 2 aliphatic carbocycles. The summed E-state index contributed by atoms with van der Waals surface area (Å²) in [5.41, 5.74) is -1.45. The van der Waals surface area contributed by atoms with Gasteiger partial charge in [0.15, 0.2) is 0 Å². The Morgan fingerprint density at radius 3 is 2.23 bits per heavy atom. The Bertz CT molecular complexity index is 1580. The van der Waals surface area contributed by atoms with Gasteiger partial charge in [-0.05, 0) is 76.8 Å². The summed E-state index contributed by atoms with van der Waals surface area (Å²) in [7, 11) is 0. The lowest BCUT2D eigenvalue weighted by atomic mass is 9.51. The standard InChI is InChI=1S/C32H31F3N2O6/c1-30(2,3)37-26(39)19-12-11-18-20(24(19)28(37)41)15-22-27(40)36(16-8-6-5-7-9-16)29(42)31(22,4)25(18)21-14-17(10-13-23(21)38)43-32(33,34)35/h5-11,13-14,19-20,22,24-25,38H,12,15H2,1-4H3/t19-,20+,22-,24-,25+,31+/m0/s1. The zero-order chi connectivity index (χ0) is 31.2. The van der Waals surface area contributed by atoms with Crippen LogP contribution in [0.3, 0.4) is 0 Å². The summed E-state index contributed by atoms with van der Waals surface area (Å²) in [5, 5.41) is 11.1. The fourth-order valence-electron chi connectivity index (χ4n) is 7.80. The predicted molar refractivity (Wildman–Crippen MR) is 147 cm³/mol. The molecule has 1 saturated carbocycles. The summed E-state index contributed by atoms with van der Waals surface area (Å²) in [6, 6.07) is 11.4. The molecule has 2 saturated heterocycles. The molecule has 0 spiro atoms. The second-order valence-electron chi connectivity index (χ2n) is 12.9. The zero-order valence-electron chi connectivity index (χ0n) is 24.0. The SMILES string of the molecule is CC(C)(C)N1C(=O)[C@H]2[C@H](CC=C3[C@H]2C[C@H]2C(=O)N(c4ccccc4)C(=O)[C@@]2(C)[C@H]3c2cc(OC(F)(F)F)ccc2O)C1=O. The molecule has 0 unspecified atom stereocenters. The first-order valence-electron chi connectivity index (χ1n) is 14.2. The van der Waals surface area contributed by atoms with Crippen LogP contribution in [0.5, 0.6) is 11.5 Å². The molecule has 226 valence electrons. The third-order valence-corrected chi connectivity index (χ3v) is 9.50. The highest BCUT2D eigenvalue weighted by Crippen LogP contribution is 2.64. The van der Waals surface area contributed by atoms with Crippen LogP contribution in [-0.4, -0.2) is 45.5 Å². The molecule has 0 bridgehead atoms. The average molecular weight is 597 g/mol. The highest BCUT2D eigenvalue weighted by molar-refractivity contribution is 6.24. The Morgan fingerprint density at radius 2 is 1.60 bits per heavy atom. The van der Waals surface area contributed by atoms with E-state index in [1.807, 2.05) is 0 Å². The summed E-state index contributed by atoms with van der Waals surface area (Å²) < 4.78 is 43.8. The van der Waals surface area contributed by atoms with Gasteiger partial charge in [0, 0.05) is 17.0 Å². The van der Waals surface area contributed by atoms with Crippen molar-refractivity contribution in [3.63, 3.8) is 0 Å². The lowest BCUT2D eigenvalue weighted by Crippen LogP contribution is -2.49. The number of rotatable bonds is 3. The van der Waals surface area contributed by atoms with Crippen LogP contribution in [0.1, 0.15) is 52.0 Å². The van der Waals surface area contributed by atoms with Gasteiger partial charge in [0.05, 0.1) is 28.9 Å². The van der Waals surface area contributed by atoms with Crippen LogP contribution in [0.2, 0.25) is 0 Å². The highest BCUT2D eigenvalue weighted by atomic mass is 19.4. The number of benzene rings is 2. The molecule has 2 heterocycles. The monoisotopic (exact) mass is 596 g/mol. The van der Waals surface area contributed by atoms with Crippen molar-refractivity contribution in [1.82, 2.24) is 4.90 Å². The number of phenols is 1. The van der Waals surface area contributed by atoms with Gasteiger partial charge in [0.2, 0.25) is 23.6 Å². The van der Waals surface area contributed by atoms with Crippen LogP contribution in [0.15, 0.2) is 60.2 Å². The number of allylic oxidation sites excluding steroid dienone is 2. The van der Waals surface area contributed by atoms with Crippen molar-refractivity contribution in [2.45, 2.75) is 58.4 Å². The first-order valence-corrected chi connectivity index (χ1v) is 14.2. The van der Waals surface area contributed by atoms with Crippen molar-refractivity contribution < 1.29 is 42.2 Å². The number of likely N-dealkylation sites (tertiary alicyclic amines) is 1. The Hall–Kier alpha value is -4.15. The average Bonchev–Trinajstić information content (AvgIpc) is 3.29. The van der Waals surface area contributed by atoms with E-state index in [0.29, 0.717) is 11.3 Å². The van der Waals surface area contributed by atoms with Crippen LogP contribution < -0.4 is 9.64 Å². The molecule has 1 N–H and O–H groups in total. The van der Waals surface area contributed by atoms with E-state index in [0.717, 1.165) is 23.1 Å². The summed E-state index contributed by atoms with van der Waals surface area (Å²) in [4.78, 5) is 58.2. The number of fused-ring (bicyclic) bond motifs is 4. The van der Waals surface area contributed by atoms with Gasteiger partial charge in [-0.2, -0.15) is 0 Å². The van der Waals surface area contributed by atoms with Gasteiger partial charge in [-0.1, -0.05) is 29.8 Å². The van der Waals surface area contributed by atoms with E-state index < -0.39 is 64.5 Å². The molecule has 11 heteroatoms. The number of carbonyl (C=O) groups excluding carboxylic acids is 4. The summed E-state index contributed by atoms with van der Waals surface area (Å²) in [6.07, 6.45) is -2.97. The Balaban J connectivity index is 1.54. The highest BCUT2D eigenvalue weighted by Gasteiger charge is 2.68. The van der Waals surface area contributed by atoms with Crippen molar-refractivity contribution >= 4 is 29.3 Å². The molecule has 2 aliphatic heterocycles. The fourth-order valence-corrected chi connectivity index (χ4v) is 7.80. The van der Waals surface area contributed by atoms with Gasteiger partial charge in [-0.25, -0.2) is 4.90 Å². The molecular formula is C32H31F3N2O6. The number of alkyl halides is 3. The summed E-state index contributed by atoms with van der Waals surface area (Å²) in [6.45, 7) is 6.87. The quantitative estimate of drug-likeness (QED) is 0.380. The van der Waals surface area contributed by atoms with E-state index in [-0.39, 0.29) is 36.0 Å². The lowest BCUT2D eigenvalue weighted by Gasteiger charge is -2.49. The molecule has 0 aromatic heterocycles. The van der Waals surface area contributed by atoms with Crippen LogP contribution in [0.25, 0.3) is 0 Å².